The monoisotopic (exact) mass is 348 g/mol. The van der Waals surface area contributed by atoms with Gasteiger partial charge in [-0.3, -0.25) is 0 Å². The zero-order valence-corrected chi connectivity index (χ0v) is 13.7. The fourth-order valence-electron chi connectivity index (χ4n) is 2.43. The van der Waals surface area contributed by atoms with Crippen molar-refractivity contribution in [2.45, 2.75) is 0 Å². The Morgan fingerprint density at radius 2 is 1.76 bits per heavy atom. The minimum absolute atomic E-state index is 0.117. The van der Waals surface area contributed by atoms with Gasteiger partial charge in [-0.25, -0.2) is 23.5 Å². The minimum Gasteiger partial charge on any atom is -0.338 e. The maximum Gasteiger partial charge on any atom is 0.323 e. The fraction of sp³-hybridized carbons (Fsp3) is 0.312. The van der Waals surface area contributed by atoms with Crippen LogP contribution in [0.2, 0.25) is 0 Å². The number of rotatable bonds is 3. The Hall–Kier alpha value is -2.81. The average Bonchev–Trinajstić information content (AvgIpc) is 2.59. The van der Waals surface area contributed by atoms with Gasteiger partial charge in [-0.2, -0.15) is 0 Å². The van der Waals surface area contributed by atoms with Crippen LogP contribution in [-0.4, -0.2) is 54.1 Å². The lowest BCUT2D eigenvalue weighted by Crippen LogP contribution is -2.45. The molecule has 9 heteroatoms. The van der Waals surface area contributed by atoms with Crippen LogP contribution in [0.5, 0.6) is 0 Å². The highest BCUT2D eigenvalue weighted by Crippen LogP contribution is 2.16. The molecule has 2 heterocycles. The van der Waals surface area contributed by atoms with Crippen molar-refractivity contribution in [2.24, 2.45) is 0 Å². The molecule has 25 heavy (non-hydrogen) atoms. The number of nitrogens with one attached hydrogen (secondary N) is 2. The Kier molecular flexibility index (Phi) is 5.03. The van der Waals surface area contributed by atoms with E-state index in [1.165, 1.54) is 12.4 Å². The molecular weight excluding hydrogens is 330 g/mol. The predicted octanol–water partition coefficient (Wildman–Crippen LogP) is 2.15. The number of halogens is 2. The summed E-state index contributed by atoms with van der Waals surface area (Å²) in [7, 11) is 2.06. The quantitative estimate of drug-likeness (QED) is 0.889. The van der Waals surface area contributed by atoms with Crippen LogP contribution in [0.15, 0.2) is 30.6 Å². The molecule has 0 spiro atoms. The molecule has 132 valence electrons. The summed E-state index contributed by atoms with van der Waals surface area (Å²) in [5, 5.41) is 4.81. The number of amides is 2. The van der Waals surface area contributed by atoms with Crippen molar-refractivity contribution >= 4 is 23.4 Å². The number of hydrogen-bond donors (Lipinski definition) is 2. The van der Waals surface area contributed by atoms with E-state index in [1.54, 1.807) is 0 Å². The predicted molar refractivity (Wildman–Crippen MR) is 90.7 cm³/mol. The first-order valence-electron chi connectivity index (χ1n) is 7.80. The van der Waals surface area contributed by atoms with Gasteiger partial charge in [0.25, 0.3) is 0 Å². The molecule has 2 aromatic rings. The summed E-state index contributed by atoms with van der Waals surface area (Å²) in [6.07, 6.45) is 2.97. The van der Waals surface area contributed by atoms with Gasteiger partial charge in [0.15, 0.2) is 0 Å². The van der Waals surface area contributed by atoms with Crippen LogP contribution < -0.4 is 15.5 Å². The summed E-state index contributed by atoms with van der Waals surface area (Å²) in [6, 6.07) is 2.24. The molecule has 3 rings (SSSR count). The molecular formula is C16H18F2N6O. The Balaban J connectivity index is 1.58. The Labute approximate surface area is 143 Å². The first-order chi connectivity index (χ1) is 12.0. The third-order valence-electron chi connectivity index (χ3n) is 3.86. The molecule has 0 bridgehead atoms. The second kappa shape index (κ2) is 7.39. The number of hydrogen-bond acceptors (Lipinski definition) is 5. The van der Waals surface area contributed by atoms with Gasteiger partial charge < -0.3 is 20.4 Å². The third-order valence-corrected chi connectivity index (χ3v) is 3.86. The van der Waals surface area contributed by atoms with E-state index in [0.717, 1.165) is 38.3 Å². The second-order valence-electron chi connectivity index (χ2n) is 5.77. The number of anilines is 3. The van der Waals surface area contributed by atoms with Gasteiger partial charge in [-0.1, -0.05) is 0 Å². The van der Waals surface area contributed by atoms with Crippen LogP contribution in [0.25, 0.3) is 0 Å². The normalized spacial score (nSPS) is 15.1. The van der Waals surface area contributed by atoms with Crippen LogP contribution in [0.4, 0.5) is 30.9 Å². The number of likely N-dealkylation sites (N-methyl/N-ethyl adjacent to an activating group) is 1. The molecule has 1 aromatic heterocycles. The smallest absolute Gasteiger partial charge is 0.323 e. The van der Waals surface area contributed by atoms with E-state index in [4.69, 9.17) is 0 Å². The van der Waals surface area contributed by atoms with E-state index in [1.807, 2.05) is 0 Å². The van der Waals surface area contributed by atoms with E-state index in [0.29, 0.717) is 17.7 Å². The van der Waals surface area contributed by atoms with Crippen molar-refractivity contribution in [3.63, 3.8) is 0 Å². The molecule has 2 amide bonds. The average molecular weight is 348 g/mol. The molecule has 1 fully saturated rings. The topological polar surface area (TPSA) is 73.4 Å². The molecule has 0 radical (unpaired) electrons. The number of carbonyl (C=O) groups excluding carboxylic acids is 1. The van der Waals surface area contributed by atoms with E-state index in [9.17, 15) is 13.6 Å². The van der Waals surface area contributed by atoms with Crippen molar-refractivity contribution in [1.29, 1.82) is 0 Å². The molecule has 1 aliphatic rings. The first kappa shape index (κ1) is 17.0. The lowest BCUT2D eigenvalue weighted by molar-refractivity contribution is 0.262. The molecule has 0 unspecified atom stereocenters. The molecule has 2 N–H and O–H groups in total. The van der Waals surface area contributed by atoms with E-state index in [-0.39, 0.29) is 5.69 Å². The minimum atomic E-state index is -0.850. The number of urea groups is 1. The van der Waals surface area contributed by atoms with Crippen molar-refractivity contribution < 1.29 is 13.6 Å². The maximum absolute atomic E-state index is 13.5. The summed E-state index contributed by atoms with van der Waals surface area (Å²) in [6.45, 7) is 3.56. The highest BCUT2D eigenvalue weighted by atomic mass is 19.1. The number of benzene rings is 1. The SMILES string of the molecule is CN1CCN(c2ncc(NC(=O)Nc3ccc(F)cc3F)cn2)CC1. The van der Waals surface area contributed by atoms with Crippen LogP contribution in [0.1, 0.15) is 0 Å². The molecule has 0 atom stereocenters. The molecule has 1 aliphatic heterocycles. The highest BCUT2D eigenvalue weighted by Gasteiger charge is 2.16. The molecule has 0 saturated carbocycles. The van der Waals surface area contributed by atoms with Crippen LogP contribution >= 0.6 is 0 Å². The maximum atomic E-state index is 13.5. The molecule has 0 aliphatic carbocycles. The van der Waals surface area contributed by atoms with Gasteiger partial charge in [-0.15, -0.1) is 0 Å². The Morgan fingerprint density at radius 1 is 1.08 bits per heavy atom. The van der Waals surface area contributed by atoms with Gasteiger partial charge in [-0.05, 0) is 19.2 Å². The molecule has 1 aromatic carbocycles. The van der Waals surface area contributed by atoms with Crippen molar-refractivity contribution in [2.75, 3.05) is 48.8 Å². The molecule has 7 nitrogen and oxygen atoms in total. The largest absolute Gasteiger partial charge is 0.338 e. The summed E-state index contributed by atoms with van der Waals surface area (Å²) >= 11 is 0. The number of aromatic nitrogens is 2. The molecule has 1 saturated heterocycles. The van der Waals surface area contributed by atoms with Gasteiger partial charge >= 0.3 is 6.03 Å². The Bertz CT molecular complexity index is 747. The van der Waals surface area contributed by atoms with Crippen LogP contribution in [0, 0.1) is 11.6 Å². The third kappa shape index (κ3) is 4.38. The van der Waals surface area contributed by atoms with Gasteiger partial charge in [0.2, 0.25) is 5.95 Å². The van der Waals surface area contributed by atoms with Crippen LogP contribution in [0.3, 0.4) is 0 Å². The lowest BCUT2D eigenvalue weighted by Gasteiger charge is -2.32. The summed E-state index contributed by atoms with van der Waals surface area (Å²) < 4.78 is 26.4. The van der Waals surface area contributed by atoms with Crippen molar-refractivity contribution in [3.8, 4) is 0 Å². The van der Waals surface area contributed by atoms with Crippen molar-refractivity contribution in [1.82, 2.24) is 14.9 Å². The fourth-order valence-corrected chi connectivity index (χ4v) is 2.43. The van der Waals surface area contributed by atoms with Gasteiger partial charge in [0, 0.05) is 32.2 Å². The van der Waals surface area contributed by atoms with Crippen molar-refractivity contribution in [3.05, 3.63) is 42.2 Å². The van der Waals surface area contributed by atoms with Gasteiger partial charge in [0.05, 0.1) is 23.8 Å². The van der Waals surface area contributed by atoms with E-state index >= 15 is 0 Å². The lowest BCUT2D eigenvalue weighted by atomic mass is 10.3. The van der Waals surface area contributed by atoms with Crippen LogP contribution in [-0.2, 0) is 0 Å². The van der Waals surface area contributed by atoms with Gasteiger partial charge in [0.1, 0.15) is 11.6 Å². The zero-order valence-electron chi connectivity index (χ0n) is 13.7. The first-order valence-corrected chi connectivity index (χ1v) is 7.80. The number of nitrogens with zero attached hydrogens (tertiary/aromatic N) is 4. The summed E-state index contributed by atoms with van der Waals surface area (Å²) in [4.78, 5) is 24.7. The summed E-state index contributed by atoms with van der Waals surface area (Å²) in [5.41, 5.74) is 0.256. The Morgan fingerprint density at radius 3 is 2.40 bits per heavy atom. The van der Waals surface area contributed by atoms with E-state index in [2.05, 4.69) is 37.4 Å². The standard InChI is InChI=1S/C16H18F2N6O/c1-23-4-6-24(7-5-23)15-19-9-12(10-20-15)21-16(25)22-14-3-2-11(17)8-13(14)18/h2-3,8-10H,4-7H2,1H3,(H2,21,22,25). The van der Waals surface area contributed by atoms with E-state index < -0.39 is 17.7 Å². The highest BCUT2D eigenvalue weighted by molar-refractivity contribution is 5.99. The second-order valence-corrected chi connectivity index (χ2v) is 5.77. The number of carbonyl (C=O) groups is 1. The summed E-state index contributed by atoms with van der Waals surface area (Å²) in [5.74, 6) is -0.961. The number of piperazine rings is 1. The zero-order chi connectivity index (χ0) is 17.8.